The van der Waals surface area contributed by atoms with Crippen molar-refractivity contribution in [2.24, 2.45) is 10.2 Å². The van der Waals surface area contributed by atoms with Gasteiger partial charge in [-0.2, -0.15) is 10.4 Å². The maximum atomic E-state index is 12.7. The third kappa shape index (κ3) is 4.09. The van der Waals surface area contributed by atoms with Crippen LogP contribution in [0.1, 0.15) is 37.3 Å². The van der Waals surface area contributed by atoms with E-state index in [9.17, 15) is 15.2 Å². The van der Waals surface area contributed by atoms with E-state index in [1.54, 1.807) is 38.3 Å². The lowest BCUT2D eigenvalue weighted by molar-refractivity contribution is 0.398. The van der Waals surface area contributed by atoms with Crippen LogP contribution in [0, 0.1) is 18.3 Å². The first-order chi connectivity index (χ1) is 12.5. The first-order valence-electron chi connectivity index (χ1n) is 8.45. The third-order valence-electron chi connectivity index (χ3n) is 4.07. The Bertz CT molecular complexity index is 910. The van der Waals surface area contributed by atoms with Crippen LogP contribution in [0.2, 0.25) is 0 Å². The van der Waals surface area contributed by atoms with Gasteiger partial charge in [0.15, 0.2) is 5.69 Å². The van der Waals surface area contributed by atoms with Gasteiger partial charge in [0.2, 0.25) is 5.88 Å². The third-order valence-corrected chi connectivity index (χ3v) is 4.07. The van der Waals surface area contributed by atoms with E-state index < -0.39 is 5.56 Å². The Morgan fingerprint density at radius 1 is 1.31 bits per heavy atom. The summed E-state index contributed by atoms with van der Waals surface area (Å²) in [6.07, 6.45) is 2.63. The van der Waals surface area contributed by atoms with Crippen LogP contribution in [0.25, 0.3) is 0 Å². The number of pyridine rings is 1. The molecular weight excluding hydrogens is 332 g/mol. The quantitative estimate of drug-likeness (QED) is 0.590. The van der Waals surface area contributed by atoms with Crippen LogP contribution in [0.15, 0.2) is 39.3 Å². The molecule has 26 heavy (non-hydrogen) atoms. The first kappa shape index (κ1) is 19.2. The fourth-order valence-electron chi connectivity index (χ4n) is 2.56. The van der Waals surface area contributed by atoms with Crippen LogP contribution in [-0.4, -0.2) is 16.8 Å². The number of aromatic hydroxyl groups is 1. The van der Waals surface area contributed by atoms with Gasteiger partial charge >= 0.3 is 0 Å². The minimum Gasteiger partial charge on any atom is -0.497 e. The monoisotopic (exact) mass is 354 g/mol. The smallest absolute Gasteiger partial charge is 0.281 e. The molecule has 1 N–H and O–H groups in total. The van der Waals surface area contributed by atoms with Gasteiger partial charge < -0.3 is 9.84 Å². The first-order valence-corrected chi connectivity index (χ1v) is 8.45. The van der Waals surface area contributed by atoms with Crippen molar-refractivity contribution in [2.45, 2.75) is 39.7 Å². The summed E-state index contributed by atoms with van der Waals surface area (Å²) in [5.41, 5.74) is 0.474. The van der Waals surface area contributed by atoms with Crippen molar-refractivity contribution in [2.75, 3.05) is 7.11 Å². The number of hydrogen-bond donors (Lipinski definition) is 1. The predicted octanol–water partition coefficient (Wildman–Crippen LogP) is 4.35. The normalized spacial score (nSPS) is 10.8. The van der Waals surface area contributed by atoms with Crippen molar-refractivity contribution in [3.05, 3.63) is 45.7 Å². The molecule has 0 saturated heterocycles. The standard InChI is InChI=1S/C19H22N4O3/c1-4-5-6-10-23-18(24)16(12-20)13(2)17(19(23)25)22-21-14-8-7-9-15(11-14)26-3/h7-9,11,24H,4-6,10H2,1-3H3. The van der Waals surface area contributed by atoms with Gasteiger partial charge in [-0.25, -0.2) is 0 Å². The van der Waals surface area contributed by atoms with Crippen LogP contribution in [0.4, 0.5) is 11.4 Å². The van der Waals surface area contributed by atoms with Crippen molar-refractivity contribution in [3.63, 3.8) is 0 Å². The van der Waals surface area contributed by atoms with Gasteiger partial charge in [0.05, 0.1) is 12.8 Å². The maximum Gasteiger partial charge on any atom is 0.281 e. The largest absolute Gasteiger partial charge is 0.497 e. The Kier molecular flexibility index (Phi) is 6.50. The lowest BCUT2D eigenvalue weighted by atomic mass is 10.1. The van der Waals surface area contributed by atoms with Gasteiger partial charge in [0.25, 0.3) is 5.56 Å². The zero-order valence-corrected chi connectivity index (χ0v) is 15.2. The molecule has 0 amide bonds. The minimum atomic E-state index is -0.457. The van der Waals surface area contributed by atoms with E-state index in [0.717, 1.165) is 19.3 Å². The zero-order valence-electron chi connectivity index (χ0n) is 15.2. The number of rotatable bonds is 7. The molecule has 0 radical (unpaired) electrons. The van der Waals surface area contributed by atoms with E-state index >= 15 is 0 Å². The number of nitrogens with zero attached hydrogens (tertiary/aromatic N) is 4. The Hall–Kier alpha value is -3.14. The molecule has 1 heterocycles. The Morgan fingerprint density at radius 2 is 2.08 bits per heavy atom. The van der Waals surface area contributed by atoms with Gasteiger partial charge in [0.1, 0.15) is 17.4 Å². The highest BCUT2D eigenvalue weighted by Crippen LogP contribution is 2.28. The van der Waals surface area contributed by atoms with Crippen molar-refractivity contribution in [1.82, 2.24) is 4.57 Å². The van der Waals surface area contributed by atoms with E-state index in [1.807, 2.05) is 13.0 Å². The van der Waals surface area contributed by atoms with Crippen molar-refractivity contribution >= 4 is 11.4 Å². The molecule has 2 rings (SSSR count). The number of ether oxygens (including phenoxy) is 1. The SMILES string of the molecule is CCCCCn1c(O)c(C#N)c(C)c(N=Nc2cccc(OC)c2)c1=O. The fourth-order valence-corrected chi connectivity index (χ4v) is 2.56. The summed E-state index contributed by atoms with van der Waals surface area (Å²) in [6, 6.07) is 8.90. The van der Waals surface area contributed by atoms with Crippen LogP contribution in [0.5, 0.6) is 11.6 Å². The van der Waals surface area contributed by atoms with E-state index in [0.29, 0.717) is 23.5 Å². The molecule has 136 valence electrons. The van der Waals surface area contributed by atoms with Gasteiger partial charge in [-0.1, -0.05) is 25.8 Å². The Labute approximate surface area is 152 Å². The molecule has 7 nitrogen and oxygen atoms in total. The fraction of sp³-hybridized carbons (Fsp3) is 0.368. The average molecular weight is 354 g/mol. The maximum absolute atomic E-state index is 12.7. The van der Waals surface area contributed by atoms with Crippen molar-refractivity contribution < 1.29 is 9.84 Å². The van der Waals surface area contributed by atoms with Crippen molar-refractivity contribution in [1.29, 1.82) is 5.26 Å². The molecule has 0 atom stereocenters. The molecular formula is C19H22N4O3. The Morgan fingerprint density at radius 3 is 2.73 bits per heavy atom. The van der Waals surface area contributed by atoms with E-state index in [-0.39, 0.29) is 17.1 Å². The highest BCUT2D eigenvalue weighted by Gasteiger charge is 2.18. The summed E-state index contributed by atoms with van der Waals surface area (Å²) in [5.74, 6) is 0.310. The highest BCUT2D eigenvalue weighted by molar-refractivity contribution is 5.56. The lowest BCUT2D eigenvalue weighted by Crippen LogP contribution is -2.22. The molecule has 0 bridgehead atoms. The summed E-state index contributed by atoms with van der Waals surface area (Å²) in [6.45, 7) is 3.96. The number of hydrogen-bond acceptors (Lipinski definition) is 6. The molecule has 0 saturated carbocycles. The topological polar surface area (TPSA) is 100.0 Å². The molecule has 1 aromatic carbocycles. The lowest BCUT2D eigenvalue weighted by Gasteiger charge is -2.12. The van der Waals surface area contributed by atoms with E-state index in [4.69, 9.17) is 4.74 Å². The molecule has 0 aliphatic rings. The summed E-state index contributed by atoms with van der Waals surface area (Å²) in [5, 5.41) is 27.8. The molecule has 0 fully saturated rings. The van der Waals surface area contributed by atoms with Crippen LogP contribution >= 0.6 is 0 Å². The Balaban J connectivity index is 2.50. The summed E-state index contributed by atoms with van der Waals surface area (Å²) >= 11 is 0. The molecule has 0 aliphatic heterocycles. The predicted molar refractivity (Wildman–Crippen MR) is 98.5 cm³/mol. The molecule has 0 unspecified atom stereocenters. The van der Waals surface area contributed by atoms with Crippen LogP contribution in [-0.2, 0) is 6.54 Å². The number of benzene rings is 1. The molecule has 2 aromatic rings. The summed E-state index contributed by atoms with van der Waals surface area (Å²) in [4.78, 5) is 12.7. The van der Waals surface area contributed by atoms with Crippen molar-refractivity contribution in [3.8, 4) is 17.7 Å². The van der Waals surface area contributed by atoms with Crippen LogP contribution in [0.3, 0.4) is 0 Å². The second-order valence-corrected chi connectivity index (χ2v) is 5.85. The second-order valence-electron chi connectivity index (χ2n) is 5.85. The zero-order chi connectivity index (χ0) is 19.1. The second kappa shape index (κ2) is 8.81. The number of azo groups is 1. The van der Waals surface area contributed by atoms with Gasteiger partial charge in [-0.05, 0) is 25.5 Å². The van der Waals surface area contributed by atoms with Gasteiger partial charge in [-0.3, -0.25) is 9.36 Å². The number of methoxy groups -OCH3 is 1. The average Bonchev–Trinajstić information content (AvgIpc) is 2.65. The van der Waals surface area contributed by atoms with E-state index in [1.165, 1.54) is 4.57 Å². The number of unbranched alkanes of at least 4 members (excludes halogenated alkanes) is 2. The van der Waals surface area contributed by atoms with Gasteiger partial charge in [0, 0.05) is 18.2 Å². The number of aromatic nitrogens is 1. The highest BCUT2D eigenvalue weighted by atomic mass is 16.5. The summed E-state index contributed by atoms with van der Waals surface area (Å²) in [7, 11) is 1.55. The summed E-state index contributed by atoms with van der Waals surface area (Å²) < 4.78 is 6.33. The number of nitriles is 1. The minimum absolute atomic E-state index is 0.0423. The van der Waals surface area contributed by atoms with Gasteiger partial charge in [-0.15, -0.1) is 5.11 Å². The molecule has 0 spiro atoms. The molecule has 7 heteroatoms. The van der Waals surface area contributed by atoms with E-state index in [2.05, 4.69) is 10.2 Å². The van der Waals surface area contributed by atoms with Crippen LogP contribution < -0.4 is 10.3 Å². The molecule has 0 aliphatic carbocycles. The molecule has 1 aromatic heterocycles.